The molecule has 0 saturated heterocycles. The van der Waals surface area contributed by atoms with E-state index >= 15 is 0 Å². The first-order chi connectivity index (χ1) is 8.56. The number of hydrogen-bond donors (Lipinski definition) is 0. The fourth-order valence-corrected chi connectivity index (χ4v) is 1.51. The van der Waals surface area contributed by atoms with E-state index in [0.29, 0.717) is 17.1 Å². The second kappa shape index (κ2) is 5.92. The summed E-state index contributed by atoms with van der Waals surface area (Å²) in [6.07, 6.45) is 0. The Morgan fingerprint density at radius 3 is 2.56 bits per heavy atom. The Bertz CT molecular complexity index is 480. The van der Waals surface area contributed by atoms with E-state index in [9.17, 15) is 4.79 Å². The van der Waals surface area contributed by atoms with Gasteiger partial charge in [-0.15, -0.1) is 0 Å². The van der Waals surface area contributed by atoms with Crippen molar-refractivity contribution in [1.29, 1.82) is 5.26 Å². The van der Waals surface area contributed by atoms with Crippen molar-refractivity contribution in [2.45, 2.75) is 13.0 Å². The number of rotatable bonds is 4. The number of para-hydroxylation sites is 1. The number of methoxy groups -OCH3 is 2. The zero-order chi connectivity index (χ0) is 13.7. The molecule has 1 aromatic carbocycles. The third-order valence-electron chi connectivity index (χ3n) is 2.72. The van der Waals surface area contributed by atoms with Gasteiger partial charge in [-0.05, 0) is 19.1 Å². The molecule has 0 saturated carbocycles. The molecule has 1 amide bonds. The normalized spacial score (nSPS) is 11.3. The van der Waals surface area contributed by atoms with E-state index in [2.05, 4.69) is 0 Å². The minimum absolute atomic E-state index is 0.278. The van der Waals surface area contributed by atoms with Crippen LogP contribution in [-0.4, -0.2) is 38.1 Å². The van der Waals surface area contributed by atoms with Gasteiger partial charge < -0.3 is 14.4 Å². The number of carbonyl (C=O) groups is 1. The maximum Gasteiger partial charge on any atom is 0.258 e. The molecule has 1 rings (SSSR count). The van der Waals surface area contributed by atoms with Gasteiger partial charge in [0.25, 0.3) is 5.91 Å². The minimum atomic E-state index is -0.506. The van der Waals surface area contributed by atoms with Crippen LogP contribution in [0.25, 0.3) is 0 Å². The van der Waals surface area contributed by atoms with Crippen LogP contribution < -0.4 is 9.47 Å². The average Bonchev–Trinajstić information content (AvgIpc) is 2.43. The minimum Gasteiger partial charge on any atom is -0.493 e. The van der Waals surface area contributed by atoms with E-state index in [4.69, 9.17) is 14.7 Å². The molecule has 1 aromatic rings. The van der Waals surface area contributed by atoms with Gasteiger partial charge in [-0.3, -0.25) is 4.79 Å². The van der Waals surface area contributed by atoms with Gasteiger partial charge in [0.05, 0.1) is 25.9 Å². The number of carbonyl (C=O) groups excluding carboxylic acids is 1. The van der Waals surface area contributed by atoms with Gasteiger partial charge in [-0.25, -0.2) is 0 Å². The Morgan fingerprint density at radius 2 is 2.06 bits per heavy atom. The average molecular weight is 248 g/mol. The molecule has 0 spiro atoms. The van der Waals surface area contributed by atoms with Crippen LogP contribution in [0.3, 0.4) is 0 Å². The van der Waals surface area contributed by atoms with Crippen molar-refractivity contribution in [3.05, 3.63) is 23.8 Å². The standard InChI is InChI=1S/C13H16N2O3/c1-9(8-14)15(2)13(16)10-6-5-7-11(17-3)12(10)18-4/h5-7,9H,1-4H3. The van der Waals surface area contributed by atoms with Crippen LogP contribution in [0.1, 0.15) is 17.3 Å². The molecule has 18 heavy (non-hydrogen) atoms. The van der Waals surface area contributed by atoms with Gasteiger partial charge in [0.1, 0.15) is 6.04 Å². The predicted molar refractivity (Wildman–Crippen MR) is 66.7 cm³/mol. The van der Waals surface area contributed by atoms with Crippen molar-refractivity contribution in [1.82, 2.24) is 4.90 Å². The van der Waals surface area contributed by atoms with E-state index in [1.807, 2.05) is 6.07 Å². The van der Waals surface area contributed by atoms with Crippen LogP contribution in [-0.2, 0) is 0 Å². The van der Waals surface area contributed by atoms with E-state index < -0.39 is 6.04 Å². The molecule has 0 aliphatic heterocycles. The van der Waals surface area contributed by atoms with Gasteiger partial charge in [-0.1, -0.05) is 6.07 Å². The molecule has 1 unspecified atom stereocenters. The number of ether oxygens (including phenoxy) is 2. The first kappa shape index (κ1) is 13.8. The van der Waals surface area contributed by atoms with Gasteiger partial charge in [0.15, 0.2) is 11.5 Å². The van der Waals surface area contributed by atoms with Crippen LogP contribution in [0.15, 0.2) is 18.2 Å². The van der Waals surface area contributed by atoms with E-state index in [1.54, 1.807) is 32.2 Å². The van der Waals surface area contributed by atoms with Crippen molar-refractivity contribution in [3.63, 3.8) is 0 Å². The summed E-state index contributed by atoms with van der Waals surface area (Å²) in [5.41, 5.74) is 0.376. The largest absolute Gasteiger partial charge is 0.493 e. The number of amides is 1. The van der Waals surface area contributed by atoms with Crippen molar-refractivity contribution >= 4 is 5.91 Å². The SMILES string of the molecule is COc1cccc(C(=O)N(C)C(C)C#N)c1OC. The Labute approximate surface area is 107 Å². The second-order valence-electron chi connectivity index (χ2n) is 3.76. The lowest BCUT2D eigenvalue weighted by Crippen LogP contribution is -2.34. The third kappa shape index (κ3) is 2.54. The van der Waals surface area contributed by atoms with Crippen molar-refractivity contribution in [3.8, 4) is 17.6 Å². The Hall–Kier alpha value is -2.22. The van der Waals surface area contributed by atoms with Crippen LogP contribution in [0.2, 0.25) is 0 Å². The molecule has 0 fully saturated rings. The zero-order valence-electron chi connectivity index (χ0n) is 10.9. The van der Waals surface area contributed by atoms with E-state index in [0.717, 1.165) is 0 Å². The smallest absolute Gasteiger partial charge is 0.258 e. The maximum absolute atomic E-state index is 12.2. The Kier molecular flexibility index (Phi) is 4.55. The fourth-order valence-electron chi connectivity index (χ4n) is 1.51. The van der Waals surface area contributed by atoms with Gasteiger partial charge >= 0.3 is 0 Å². The number of hydrogen-bond acceptors (Lipinski definition) is 4. The molecule has 5 heteroatoms. The van der Waals surface area contributed by atoms with Crippen LogP contribution in [0, 0.1) is 11.3 Å². The molecule has 0 aliphatic carbocycles. The Morgan fingerprint density at radius 1 is 1.39 bits per heavy atom. The highest BCUT2D eigenvalue weighted by atomic mass is 16.5. The third-order valence-corrected chi connectivity index (χ3v) is 2.72. The summed E-state index contributed by atoms with van der Waals surface area (Å²) in [4.78, 5) is 13.6. The lowest BCUT2D eigenvalue weighted by atomic mass is 10.1. The van der Waals surface area contributed by atoms with Crippen LogP contribution in [0.5, 0.6) is 11.5 Å². The summed E-state index contributed by atoms with van der Waals surface area (Å²) in [6, 6.07) is 6.57. The highest BCUT2D eigenvalue weighted by Gasteiger charge is 2.22. The molecule has 0 heterocycles. The fraction of sp³-hybridized carbons (Fsp3) is 0.385. The molecule has 0 aromatic heterocycles. The zero-order valence-corrected chi connectivity index (χ0v) is 10.9. The predicted octanol–water partition coefficient (Wildman–Crippen LogP) is 1.69. The lowest BCUT2D eigenvalue weighted by molar-refractivity contribution is 0.0769. The van der Waals surface area contributed by atoms with Crippen LogP contribution >= 0.6 is 0 Å². The first-order valence-corrected chi connectivity index (χ1v) is 5.44. The van der Waals surface area contributed by atoms with Gasteiger partial charge in [-0.2, -0.15) is 5.26 Å². The summed E-state index contributed by atoms with van der Waals surface area (Å²) in [7, 11) is 4.56. The van der Waals surface area contributed by atoms with Gasteiger partial charge in [0.2, 0.25) is 0 Å². The summed E-state index contributed by atoms with van der Waals surface area (Å²) >= 11 is 0. The first-order valence-electron chi connectivity index (χ1n) is 5.44. The quantitative estimate of drug-likeness (QED) is 0.813. The van der Waals surface area contributed by atoms with Crippen molar-refractivity contribution < 1.29 is 14.3 Å². The monoisotopic (exact) mass is 248 g/mol. The number of nitriles is 1. The Balaban J connectivity index is 3.18. The van der Waals surface area contributed by atoms with Gasteiger partial charge in [0, 0.05) is 7.05 Å². The lowest BCUT2D eigenvalue weighted by Gasteiger charge is -2.21. The molecular weight excluding hydrogens is 232 g/mol. The molecule has 1 atom stereocenters. The molecule has 0 radical (unpaired) electrons. The van der Waals surface area contributed by atoms with E-state index in [-0.39, 0.29) is 5.91 Å². The molecule has 0 N–H and O–H groups in total. The van der Waals surface area contributed by atoms with E-state index in [1.165, 1.54) is 19.1 Å². The van der Waals surface area contributed by atoms with Crippen molar-refractivity contribution in [2.75, 3.05) is 21.3 Å². The second-order valence-corrected chi connectivity index (χ2v) is 3.76. The molecule has 0 aliphatic rings. The highest BCUT2D eigenvalue weighted by molar-refractivity contribution is 5.98. The maximum atomic E-state index is 12.2. The topological polar surface area (TPSA) is 62.6 Å². The molecular formula is C13H16N2O3. The highest BCUT2D eigenvalue weighted by Crippen LogP contribution is 2.31. The molecule has 5 nitrogen and oxygen atoms in total. The molecule has 0 bridgehead atoms. The summed E-state index contributed by atoms with van der Waals surface area (Å²) in [6.45, 7) is 1.66. The summed E-state index contributed by atoms with van der Waals surface area (Å²) in [5, 5.41) is 8.83. The molecule has 96 valence electrons. The number of nitrogens with zero attached hydrogens (tertiary/aromatic N) is 2. The number of benzene rings is 1. The summed E-state index contributed by atoms with van der Waals surface area (Å²) in [5.74, 6) is 0.586. The summed E-state index contributed by atoms with van der Waals surface area (Å²) < 4.78 is 10.3. The van der Waals surface area contributed by atoms with Crippen molar-refractivity contribution in [2.24, 2.45) is 0 Å². The van der Waals surface area contributed by atoms with Crippen LogP contribution in [0.4, 0.5) is 0 Å².